The highest BCUT2D eigenvalue weighted by atomic mass is 32.1. The Morgan fingerprint density at radius 1 is 1.60 bits per heavy atom. The smallest absolute Gasteiger partial charge is 0.269 e. The van der Waals surface area contributed by atoms with Gasteiger partial charge in [0.15, 0.2) is 0 Å². The van der Waals surface area contributed by atoms with Gasteiger partial charge in [-0.25, -0.2) is 0 Å². The van der Waals surface area contributed by atoms with E-state index < -0.39 is 0 Å². The van der Waals surface area contributed by atoms with Gasteiger partial charge in [-0.15, -0.1) is 11.3 Å². The van der Waals surface area contributed by atoms with Gasteiger partial charge in [-0.2, -0.15) is 5.10 Å². The summed E-state index contributed by atoms with van der Waals surface area (Å²) in [5.74, 6) is 5.68. The summed E-state index contributed by atoms with van der Waals surface area (Å²) in [6.07, 6.45) is 2.07. The van der Waals surface area contributed by atoms with Crippen LogP contribution in [0.3, 0.4) is 0 Å². The molecule has 2 aromatic heterocycles. The highest BCUT2D eigenvalue weighted by Crippen LogP contribution is 2.13. The Morgan fingerprint density at radius 3 is 3.15 bits per heavy atom. The molecule has 0 aliphatic heterocycles. The fourth-order valence-electron chi connectivity index (χ4n) is 1.61. The van der Waals surface area contributed by atoms with Crippen molar-refractivity contribution in [2.24, 2.45) is 7.05 Å². The van der Waals surface area contributed by atoms with Crippen molar-refractivity contribution >= 4 is 17.2 Å². The predicted molar refractivity (Wildman–Crippen MR) is 77.3 cm³/mol. The summed E-state index contributed by atoms with van der Waals surface area (Å²) in [6, 6.07) is 3.62. The van der Waals surface area contributed by atoms with Crippen molar-refractivity contribution in [3.05, 3.63) is 39.8 Å². The van der Waals surface area contributed by atoms with Gasteiger partial charge < -0.3 is 10.4 Å². The van der Waals surface area contributed by atoms with E-state index in [1.807, 2.05) is 11.4 Å². The lowest BCUT2D eigenvalue weighted by molar-refractivity contribution is 0.0942. The zero-order valence-electron chi connectivity index (χ0n) is 11.1. The first kappa shape index (κ1) is 14.3. The Labute approximate surface area is 121 Å². The van der Waals surface area contributed by atoms with Crippen molar-refractivity contribution in [1.29, 1.82) is 0 Å². The number of nitrogens with one attached hydrogen (secondary N) is 1. The lowest BCUT2D eigenvalue weighted by Crippen LogP contribution is -2.24. The van der Waals surface area contributed by atoms with Crippen LogP contribution in [-0.4, -0.2) is 27.4 Å². The summed E-state index contributed by atoms with van der Waals surface area (Å²) in [5, 5.41) is 17.4. The summed E-state index contributed by atoms with van der Waals surface area (Å²) in [5.41, 5.74) is 1.44. The molecular formula is C14H15N3O2S. The molecule has 0 aromatic carbocycles. The van der Waals surface area contributed by atoms with Crippen LogP contribution >= 0.6 is 11.3 Å². The fourth-order valence-corrected chi connectivity index (χ4v) is 2.37. The Bertz CT molecular complexity index is 649. The minimum Gasteiger partial charge on any atom is -0.395 e. The molecular weight excluding hydrogens is 274 g/mol. The minimum atomic E-state index is -0.147. The molecule has 0 radical (unpaired) electrons. The van der Waals surface area contributed by atoms with E-state index in [-0.39, 0.29) is 12.5 Å². The molecule has 0 aliphatic rings. The van der Waals surface area contributed by atoms with Crippen LogP contribution in [0.4, 0.5) is 0 Å². The fraction of sp³-hybridized carbons (Fsp3) is 0.286. The van der Waals surface area contributed by atoms with E-state index in [0.717, 1.165) is 10.4 Å². The van der Waals surface area contributed by atoms with Crippen molar-refractivity contribution in [1.82, 2.24) is 15.1 Å². The molecule has 2 aromatic rings. The molecule has 2 rings (SSSR count). The summed E-state index contributed by atoms with van der Waals surface area (Å²) in [7, 11) is 1.73. The topological polar surface area (TPSA) is 67.2 Å². The van der Waals surface area contributed by atoms with E-state index >= 15 is 0 Å². The normalized spacial score (nSPS) is 9.90. The van der Waals surface area contributed by atoms with Gasteiger partial charge in [0.1, 0.15) is 5.69 Å². The summed E-state index contributed by atoms with van der Waals surface area (Å²) < 4.78 is 1.54. The SMILES string of the molecule is Cn1nccc1C(=O)NCc1cc(C#CCCO)cs1. The molecule has 0 saturated carbocycles. The Morgan fingerprint density at radius 2 is 2.45 bits per heavy atom. The number of aryl methyl sites for hydroxylation is 1. The maximum atomic E-state index is 11.9. The number of carbonyl (C=O) groups excluding carboxylic acids is 1. The third kappa shape index (κ3) is 3.70. The Kier molecular flexibility index (Phi) is 4.93. The molecule has 0 bridgehead atoms. The number of aliphatic hydroxyl groups is 1. The average Bonchev–Trinajstić information content (AvgIpc) is 3.05. The van der Waals surface area contributed by atoms with Crippen molar-refractivity contribution in [2.45, 2.75) is 13.0 Å². The van der Waals surface area contributed by atoms with Gasteiger partial charge in [0.25, 0.3) is 5.91 Å². The third-order valence-corrected chi connectivity index (χ3v) is 3.54. The summed E-state index contributed by atoms with van der Waals surface area (Å²) in [6.45, 7) is 0.543. The van der Waals surface area contributed by atoms with Crippen molar-refractivity contribution < 1.29 is 9.90 Å². The third-order valence-electron chi connectivity index (χ3n) is 2.60. The van der Waals surface area contributed by atoms with E-state index in [4.69, 9.17) is 5.11 Å². The van der Waals surface area contributed by atoms with Gasteiger partial charge in [0.2, 0.25) is 0 Å². The van der Waals surface area contributed by atoms with Gasteiger partial charge in [0.05, 0.1) is 13.2 Å². The molecule has 20 heavy (non-hydrogen) atoms. The standard InChI is InChI=1S/C14H15N3O2S/c1-17-13(5-6-16-17)14(19)15-9-12-8-11(10-20-12)4-2-3-7-18/h5-6,8,10,18H,3,7,9H2,1H3,(H,15,19). The van der Waals surface area contributed by atoms with Crippen LogP contribution < -0.4 is 5.32 Å². The molecule has 0 spiro atoms. The number of thiophene rings is 1. The number of aliphatic hydroxyl groups excluding tert-OH is 1. The van der Waals surface area contributed by atoms with Crippen molar-refractivity contribution in [3.63, 3.8) is 0 Å². The number of hydrogen-bond acceptors (Lipinski definition) is 4. The molecule has 0 fully saturated rings. The number of amides is 1. The molecule has 5 nitrogen and oxygen atoms in total. The quantitative estimate of drug-likeness (QED) is 0.830. The monoisotopic (exact) mass is 289 g/mol. The maximum Gasteiger partial charge on any atom is 0.269 e. The van der Waals surface area contributed by atoms with Crippen LogP contribution in [0.1, 0.15) is 27.3 Å². The Balaban J connectivity index is 1.90. The molecule has 0 saturated heterocycles. The lowest BCUT2D eigenvalue weighted by Gasteiger charge is -2.03. The van der Waals surface area contributed by atoms with Crippen molar-refractivity contribution in [2.75, 3.05) is 6.61 Å². The van der Waals surface area contributed by atoms with Crippen LogP contribution in [0.25, 0.3) is 0 Å². The van der Waals surface area contributed by atoms with Gasteiger partial charge >= 0.3 is 0 Å². The Hall–Kier alpha value is -2.10. The summed E-state index contributed by atoms with van der Waals surface area (Å²) >= 11 is 1.55. The number of carbonyl (C=O) groups is 1. The first-order chi connectivity index (χ1) is 9.70. The minimum absolute atomic E-state index is 0.0742. The zero-order chi connectivity index (χ0) is 14.4. The van der Waals surface area contributed by atoms with E-state index in [1.54, 1.807) is 30.6 Å². The van der Waals surface area contributed by atoms with Crippen LogP contribution in [0.15, 0.2) is 23.7 Å². The second-order valence-electron chi connectivity index (χ2n) is 4.10. The second kappa shape index (κ2) is 6.89. The molecule has 2 heterocycles. The molecule has 104 valence electrons. The maximum absolute atomic E-state index is 11.9. The van der Waals surface area contributed by atoms with Crippen LogP contribution in [-0.2, 0) is 13.6 Å². The molecule has 1 amide bonds. The van der Waals surface area contributed by atoms with Gasteiger partial charge in [0, 0.05) is 35.5 Å². The molecule has 0 aliphatic carbocycles. The van der Waals surface area contributed by atoms with E-state index in [0.29, 0.717) is 18.7 Å². The largest absolute Gasteiger partial charge is 0.395 e. The molecule has 6 heteroatoms. The van der Waals surface area contributed by atoms with Crippen LogP contribution in [0.5, 0.6) is 0 Å². The average molecular weight is 289 g/mol. The van der Waals surface area contributed by atoms with Gasteiger partial charge in [-0.3, -0.25) is 9.48 Å². The highest BCUT2D eigenvalue weighted by molar-refractivity contribution is 7.10. The van der Waals surface area contributed by atoms with Crippen LogP contribution in [0.2, 0.25) is 0 Å². The molecule has 0 unspecified atom stereocenters. The number of rotatable bonds is 4. The van der Waals surface area contributed by atoms with E-state index in [2.05, 4.69) is 22.3 Å². The van der Waals surface area contributed by atoms with Crippen molar-refractivity contribution in [3.8, 4) is 11.8 Å². The van der Waals surface area contributed by atoms with Gasteiger partial charge in [-0.05, 0) is 12.1 Å². The zero-order valence-corrected chi connectivity index (χ0v) is 11.9. The van der Waals surface area contributed by atoms with E-state index in [9.17, 15) is 4.79 Å². The molecule has 2 N–H and O–H groups in total. The highest BCUT2D eigenvalue weighted by Gasteiger charge is 2.09. The second-order valence-corrected chi connectivity index (χ2v) is 5.10. The number of aromatic nitrogens is 2. The summed E-state index contributed by atoms with van der Waals surface area (Å²) in [4.78, 5) is 12.9. The first-order valence-corrected chi connectivity index (χ1v) is 7.02. The molecule has 0 atom stereocenters. The van der Waals surface area contributed by atoms with E-state index in [1.165, 1.54) is 4.68 Å². The van der Waals surface area contributed by atoms with Gasteiger partial charge in [-0.1, -0.05) is 11.8 Å². The first-order valence-electron chi connectivity index (χ1n) is 6.14. The number of hydrogen-bond donors (Lipinski definition) is 2. The van der Waals surface area contributed by atoms with Crippen LogP contribution in [0, 0.1) is 11.8 Å². The number of nitrogens with zero attached hydrogens (tertiary/aromatic N) is 2. The lowest BCUT2D eigenvalue weighted by atomic mass is 10.3. The predicted octanol–water partition coefficient (Wildman–Crippen LogP) is 1.15.